The summed E-state index contributed by atoms with van der Waals surface area (Å²) in [5.41, 5.74) is 0.416. The summed E-state index contributed by atoms with van der Waals surface area (Å²) in [7, 11) is -3.61. The number of carbonyl (C=O) groups excluding carboxylic acids is 2. The van der Waals surface area contributed by atoms with Crippen LogP contribution in [0.2, 0.25) is 0 Å². The van der Waals surface area contributed by atoms with E-state index >= 15 is 0 Å². The predicted molar refractivity (Wildman–Crippen MR) is 107 cm³/mol. The molecule has 1 N–H and O–H groups in total. The summed E-state index contributed by atoms with van der Waals surface area (Å²) in [6.07, 6.45) is 2.42. The minimum Gasteiger partial charge on any atom is -0.303 e. The van der Waals surface area contributed by atoms with Gasteiger partial charge in [0.15, 0.2) is 0 Å². The Balaban J connectivity index is 1.52. The van der Waals surface area contributed by atoms with Gasteiger partial charge < -0.3 is 4.90 Å². The topological polar surface area (TPSA) is 86.8 Å². The first-order valence-electron chi connectivity index (χ1n) is 9.94. The quantitative estimate of drug-likeness (QED) is 0.552. The van der Waals surface area contributed by atoms with Gasteiger partial charge in [-0.25, -0.2) is 13.1 Å². The molecule has 2 fully saturated rings. The van der Waals surface area contributed by atoms with Crippen molar-refractivity contribution in [2.75, 3.05) is 31.1 Å². The van der Waals surface area contributed by atoms with Crippen molar-refractivity contribution in [2.45, 2.75) is 44.4 Å². The van der Waals surface area contributed by atoms with E-state index in [9.17, 15) is 18.0 Å². The number of benzene rings is 1. The monoisotopic (exact) mass is 407 g/mol. The number of anilines is 1. The average molecular weight is 408 g/mol. The van der Waals surface area contributed by atoms with Crippen LogP contribution in [0.15, 0.2) is 29.2 Å². The van der Waals surface area contributed by atoms with Crippen LogP contribution in [0.3, 0.4) is 0 Å². The summed E-state index contributed by atoms with van der Waals surface area (Å²) < 4.78 is 27.6. The van der Waals surface area contributed by atoms with E-state index in [1.807, 2.05) is 0 Å². The molecule has 2 atom stereocenters. The van der Waals surface area contributed by atoms with E-state index < -0.39 is 10.0 Å². The van der Waals surface area contributed by atoms with Crippen molar-refractivity contribution in [2.24, 2.45) is 11.8 Å². The number of carbonyl (C=O) groups is 2. The molecule has 0 radical (unpaired) electrons. The number of sulfonamides is 1. The minimum absolute atomic E-state index is 0.135. The molecule has 28 heavy (non-hydrogen) atoms. The normalized spacial score (nSPS) is 24.1. The first-order chi connectivity index (χ1) is 13.3. The molecule has 0 spiro atoms. The number of imide groups is 1. The maximum Gasteiger partial charge on any atom is 0.240 e. The molecule has 1 aromatic carbocycles. The molecule has 2 amide bonds. The summed E-state index contributed by atoms with van der Waals surface area (Å²) in [5.74, 6) is 0.877. The van der Waals surface area contributed by atoms with E-state index in [1.165, 1.54) is 30.7 Å². The van der Waals surface area contributed by atoms with Crippen LogP contribution in [0.1, 0.15) is 39.5 Å². The Hall–Kier alpha value is -1.77. The van der Waals surface area contributed by atoms with Gasteiger partial charge in [0.1, 0.15) is 0 Å². The third kappa shape index (κ3) is 4.98. The third-order valence-electron chi connectivity index (χ3n) is 5.34. The number of piperidine rings is 1. The fraction of sp³-hybridized carbons (Fsp3) is 0.600. The molecule has 8 heteroatoms. The molecule has 0 aliphatic carbocycles. The Morgan fingerprint density at radius 2 is 1.57 bits per heavy atom. The fourth-order valence-electron chi connectivity index (χ4n) is 4.21. The van der Waals surface area contributed by atoms with Crippen molar-refractivity contribution in [3.63, 3.8) is 0 Å². The van der Waals surface area contributed by atoms with E-state index in [-0.39, 0.29) is 29.6 Å². The lowest BCUT2D eigenvalue weighted by molar-refractivity contribution is -0.121. The molecule has 2 saturated heterocycles. The molecule has 1 aromatic rings. The van der Waals surface area contributed by atoms with Gasteiger partial charge in [-0.3, -0.25) is 14.5 Å². The van der Waals surface area contributed by atoms with Gasteiger partial charge in [-0.15, -0.1) is 0 Å². The van der Waals surface area contributed by atoms with E-state index in [0.717, 1.165) is 31.0 Å². The Morgan fingerprint density at radius 1 is 1.00 bits per heavy atom. The summed E-state index contributed by atoms with van der Waals surface area (Å²) in [4.78, 5) is 27.2. The number of likely N-dealkylation sites (tertiary alicyclic amines) is 1. The van der Waals surface area contributed by atoms with Gasteiger partial charge in [-0.1, -0.05) is 13.8 Å². The van der Waals surface area contributed by atoms with E-state index in [2.05, 4.69) is 23.5 Å². The third-order valence-corrected chi connectivity index (χ3v) is 6.82. The molecular formula is C20H29N3O4S. The number of nitrogens with one attached hydrogen (secondary N) is 1. The molecule has 2 heterocycles. The minimum atomic E-state index is -3.61. The summed E-state index contributed by atoms with van der Waals surface area (Å²) in [6.45, 7) is 7.94. The van der Waals surface area contributed by atoms with Crippen molar-refractivity contribution in [1.29, 1.82) is 0 Å². The Morgan fingerprint density at radius 3 is 2.14 bits per heavy atom. The molecule has 2 aliphatic rings. The van der Waals surface area contributed by atoms with Crippen molar-refractivity contribution in [3.8, 4) is 0 Å². The zero-order valence-electron chi connectivity index (χ0n) is 16.6. The summed E-state index contributed by atoms with van der Waals surface area (Å²) in [6, 6.07) is 5.88. The highest BCUT2D eigenvalue weighted by molar-refractivity contribution is 7.89. The van der Waals surface area contributed by atoms with Crippen molar-refractivity contribution in [3.05, 3.63) is 24.3 Å². The van der Waals surface area contributed by atoms with Gasteiger partial charge in [-0.2, -0.15) is 0 Å². The maximum absolute atomic E-state index is 12.5. The highest BCUT2D eigenvalue weighted by Gasteiger charge is 2.30. The van der Waals surface area contributed by atoms with E-state index in [1.54, 1.807) is 0 Å². The van der Waals surface area contributed by atoms with Crippen molar-refractivity contribution in [1.82, 2.24) is 9.62 Å². The van der Waals surface area contributed by atoms with Gasteiger partial charge in [0.05, 0.1) is 10.6 Å². The largest absolute Gasteiger partial charge is 0.303 e. The van der Waals surface area contributed by atoms with Crippen LogP contribution in [0.5, 0.6) is 0 Å². The average Bonchev–Trinajstić information content (AvgIpc) is 2.96. The molecule has 0 bridgehead atoms. The predicted octanol–water partition coefficient (Wildman–Crippen LogP) is 1.99. The smallest absolute Gasteiger partial charge is 0.240 e. The summed E-state index contributed by atoms with van der Waals surface area (Å²) in [5, 5.41) is 0. The second-order valence-corrected chi connectivity index (χ2v) is 9.84. The molecule has 2 aliphatic heterocycles. The standard InChI is InChI=1S/C20H29N3O4S/c1-15-12-16(2)14-22(13-15)11-3-10-21-28(26,27)18-6-4-17(5-7-18)23-19(24)8-9-20(23)25/h4-7,15-16,21H,3,8-14H2,1-2H3. The molecular weight excluding hydrogens is 378 g/mol. The van der Waals surface area contributed by atoms with Gasteiger partial charge in [0.25, 0.3) is 0 Å². The lowest BCUT2D eigenvalue weighted by Crippen LogP contribution is -2.40. The first-order valence-corrected chi connectivity index (χ1v) is 11.4. The SMILES string of the molecule is CC1CC(C)CN(CCCNS(=O)(=O)c2ccc(N3C(=O)CCC3=O)cc2)C1. The summed E-state index contributed by atoms with van der Waals surface area (Å²) >= 11 is 0. The lowest BCUT2D eigenvalue weighted by Gasteiger charge is -2.34. The van der Waals surface area contributed by atoms with Gasteiger partial charge >= 0.3 is 0 Å². The number of rotatable bonds is 7. The number of nitrogens with zero attached hydrogens (tertiary/aromatic N) is 2. The molecule has 7 nitrogen and oxygen atoms in total. The highest BCUT2D eigenvalue weighted by atomic mass is 32.2. The van der Waals surface area contributed by atoms with Crippen LogP contribution < -0.4 is 9.62 Å². The zero-order valence-corrected chi connectivity index (χ0v) is 17.4. The number of amides is 2. The second kappa shape index (κ2) is 8.71. The first kappa shape index (κ1) is 21.0. The van der Waals surface area contributed by atoms with Gasteiger partial charge in [0.2, 0.25) is 21.8 Å². The molecule has 0 saturated carbocycles. The van der Waals surface area contributed by atoms with Crippen LogP contribution in [0.25, 0.3) is 0 Å². The van der Waals surface area contributed by atoms with Crippen LogP contribution in [-0.2, 0) is 19.6 Å². The van der Waals surface area contributed by atoms with E-state index in [4.69, 9.17) is 0 Å². The second-order valence-electron chi connectivity index (χ2n) is 8.07. The lowest BCUT2D eigenvalue weighted by atomic mass is 9.92. The zero-order chi connectivity index (χ0) is 20.3. The Labute approximate surface area is 167 Å². The van der Waals surface area contributed by atoms with Crippen molar-refractivity contribution < 1.29 is 18.0 Å². The maximum atomic E-state index is 12.5. The molecule has 154 valence electrons. The van der Waals surface area contributed by atoms with Gasteiger partial charge in [0, 0.05) is 32.5 Å². The molecule has 3 rings (SSSR count). The highest BCUT2D eigenvalue weighted by Crippen LogP contribution is 2.24. The number of hydrogen-bond acceptors (Lipinski definition) is 5. The van der Waals surface area contributed by atoms with Crippen LogP contribution in [0, 0.1) is 11.8 Å². The molecule has 0 aromatic heterocycles. The fourth-order valence-corrected chi connectivity index (χ4v) is 5.28. The van der Waals surface area contributed by atoms with Crippen LogP contribution >= 0.6 is 0 Å². The van der Waals surface area contributed by atoms with E-state index in [0.29, 0.717) is 24.1 Å². The Kier molecular flexibility index (Phi) is 6.52. The van der Waals surface area contributed by atoms with Crippen molar-refractivity contribution >= 4 is 27.5 Å². The van der Waals surface area contributed by atoms with Crippen LogP contribution in [0.4, 0.5) is 5.69 Å². The Bertz CT molecular complexity index is 796. The van der Waals surface area contributed by atoms with Gasteiger partial charge in [-0.05, 0) is 55.5 Å². The number of hydrogen-bond donors (Lipinski definition) is 1. The van der Waals surface area contributed by atoms with Crippen LogP contribution in [-0.4, -0.2) is 51.3 Å². The molecule has 2 unspecified atom stereocenters.